The minimum absolute atomic E-state index is 0.607. The SMILES string of the molecule is c1ccc(-c2nc(-c3cccc(-c4cccc5sc(-c6ccccc6)nc45)c3)nc(-c3cccc(-c4cccc5sc(-c6ccccc6)nc45)c3)n2)cc1. The quantitative estimate of drug-likeness (QED) is 0.164. The average Bonchev–Trinajstić information content (AvgIpc) is 3.90. The summed E-state index contributed by atoms with van der Waals surface area (Å²) in [6, 6.07) is 60.4. The second kappa shape index (κ2) is 13.7. The van der Waals surface area contributed by atoms with Gasteiger partial charge in [-0.3, -0.25) is 0 Å². The molecule has 7 heteroatoms. The molecule has 10 rings (SSSR count). The minimum Gasteiger partial charge on any atom is -0.235 e. The molecule has 5 nitrogen and oxygen atoms in total. The Balaban J connectivity index is 1.07. The molecule has 0 atom stereocenters. The van der Waals surface area contributed by atoms with E-state index in [1.54, 1.807) is 22.7 Å². The van der Waals surface area contributed by atoms with Crippen LogP contribution in [0.3, 0.4) is 0 Å². The average molecular weight is 728 g/mol. The van der Waals surface area contributed by atoms with Crippen LogP contribution in [0, 0.1) is 0 Å². The summed E-state index contributed by atoms with van der Waals surface area (Å²) in [5.41, 5.74) is 11.2. The fourth-order valence-corrected chi connectivity index (χ4v) is 8.77. The van der Waals surface area contributed by atoms with Crippen LogP contribution in [0.5, 0.6) is 0 Å². The molecular weight excluding hydrogens is 699 g/mol. The van der Waals surface area contributed by atoms with Crippen molar-refractivity contribution in [3.63, 3.8) is 0 Å². The Bertz CT molecular complexity index is 2760. The fraction of sp³-hybridized carbons (Fsp3) is 0. The molecule has 3 heterocycles. The lowest BCUT2D eigenvalue weighted by atomic mass is 10.0. The van der Waals surface area contributed by atoms with Crippen LogP contribution in [0.15, 0.2) is 176 Å². The molecule has 254 valence electrons. The standard InChI is InChI=1S/C47H29N5S2/c1-4-14-30(15-5-1)43-50-44(35-22-10-20-33(28-35)37-24-12-26-39-41(37)48-46(53-39)31-16-6-2-7-17-31)52-45(51-43)36-23-11-21-34(29-36)38-25-13-27-40-42(38)49-47(54-40)32-18-8-3-9-19-32/h1-29H. The van der Waals surface area contributed by atoms with E-state index >= 15 is 0 Å². The van der Waals surface area contributed by atoms with Gasteiger partial charge >= 0.3 is 0 Å². The maximum Gasteiger partial charge on any atom is 0.164 e. The van der Waals surface area contributed by atoms with Crippen molar-refractivity contribution < 1.29 is 0 Å². The first kappa shape index (κ1) is 32.0. The van der Waals surface area contributed by atoms with Gasteiger partial charge in [-0.1, -0.05) is 152 Å². The van der Waals surface area contributed by atoms with Crippen LogP contribution in [-0.2, 0) is 0 Å². The third-order valence-corrected chi connectivity index (χ3v) is 11.5. The zero-order valence-electron chi connectivity index (χ0n) is 28.8. The molecule has 0 unspecified atom stereocenters. The van der Waals surface area contributed by atoms with Gasteiger partial charge in [-0.2, -0.15) is 0 Å². The van der Waals surface area contributed by atoms with E-state index < -0.39 is 0 Å². The largest absolute Gasteiger partial charge is 0.235 e. The molecule has 0 aliphatic heterocycles. The van der Waals surface area contributed by atoms with Crippen LogP contribution >= 0.6 is 22.7 Å². The first-order chi connectivity index (χ1) is 26.7. The Labute approximate surface area is 320 Å². The van der Waals surface area contributed by atoms with Gasteiger partial charge < -0.3 is 0 Å². The molecule has 54 heavy (non-hydrogen) atoms. The molecule has 0 spiro atoms. The van der Waals surface area contributed by atoms with Crippen LogP contribution in [0.2, 0.25) is 0 Å². The number of rotatable bonds is 7. The first-order valence-electron chi connectivity index (χ1n) is 17.7. The number of aromatic nitrogens is 5. The highest BCUT2D eigenvalue weighted by Gasteiger charge is 2.17. The van der Waals surface area contributed by atoms with E-state index in [0.29, 0.717) is 17.5 Å². The van der Waals surface area contributed by atoms with Crippen molar-refractivity contribution in [2.45, 2.75) is 0 Å². The van der Waals surface area contributed by atoms with Crippen molar-refractivity contribution in [3.05, 3.63) is 176 Å². The number of benzene rings is 7. The van der Waals surface area contributed by atoms with Gasteiger partial charge in [0.25, 0.3) is 0 Å². The van der Waals surface area contributed by atoms with Crippen LogP contribution in [0.1, 0.15) is 0 Å². The maximum absolute atomic E-state index is 5.13. The number of hydrogen-bond acceptors (Lipinski definition) is 7. The van der Waals surface area contributed by atoms with Crippen LogP contribution < -0.4 is 0 Å². The minimum atomic E-state index is 0.607. The van der Waals surface area contributed by atoms with Crippen LogP contribution in [0.25, 0.3) is 98.0 Å². The topological polar surface area (TPSA) is 64.5 Å². The van der Waals surface area contributed by atoms with Crippen molar-refractivity contribution in [2.75, 3.05) is 0 Å². The summed E-state index contributed by atoms with van der Waals surface area (Å²) in [4.78, 5) is 25.5. The second-order valence-electron chi connectivity index (χ2n) is 12.9. The summed E-state index contributed by atoms with van der Waals surface area (Å²) < 4.78 is 2.30. The summed E-state index contributed by atoms with van der Waals surface area (Å²) in [6.07, 6.45) is 0. The Morgan fingerprint density at radius 3 is 1.07 bits per heavy atom. The molecule has 10 aromatic rings. The zero-order chi connectivity index (χ0) is 35.8. The number of para-hydroxylation sites is 2. The lowest BCUT2D eigenvalue weighted by Crippen LogP contribution is -2.00. The van der Waals surface area contributed by atoms with Gasteiger partial charge in [0.15, 0.2) is 17.5 Å². The summed E-state index contributed by atoms with van der Waals surface area (Å²) in [5.74, 6) is 1.83. The fourth-order valence-electron chi connectivity index (χ4n) is 6.77. The van der Waals surface area contributed by atoms with Gasteiger partial charge in [0, 0.05) is 38.9 Å². The second-order valence-corrected chi connectivity index (χ2v) is 15.0. The molecule has 0 bridgehead atoms. The normalized spacial score (nSPS) is 11.3. The third-order valence-electron chi connectivity index (χ3n) is 9.41. The van der Waals surface area contributed by atoms with E-state index in [-0.39, 0.29) is 0 Å². The number of nitrogens with zero attached hydrogens (tertiary/aromatic N) is 5. The highest BCUT2D eigenvalue weighted by molar-refractivity contribution is 7.22. The number of thiazole rings is 2. The smallest absolute Gasteiger partial charge is 0.164 e. The molecule has 0 saturated heterocycles. The first-order valence-corrected chi connectivity index (χ1v) is 19.3. The lowest BCUT2D eigenvalue weighted by molar-refractivity contribution is 1.07. The van der Waals surface area contributed by atoms with Gasteiger partial charge in [0.1, 0.15) is 10.0 Å². The monoisotopic (exact) mass is 727 g/mol. The molecule has 3 aromatic heterocycles. The maximum atomic E-state index is 5.13. The van der Waals surface area contributed by atoms with Crippen molar-refractivity contribution >= 4 is 43.1 Å². The third kappa shape index (κ3) is 6.05. The van der Waals surface area contributed by atoms with E-state index in [0.717, 1.165) is 80.5 Å². The highest BCUT2D eigenvalue weighted by Crippen LogP contribution is 2.39. The highest BCUT2D eigenvalue weighted by atomic mass is 32.1. The van der Waals surface area contributed by atoms with Gasteiger partial charge in [-0.15, -0.1) is 22.7 Å². The lowest BCUT2D eigenvalue weighted by Gasteiger charge is -2.11. The molecule has 7 aromatic carbocycles. The van der Waals surface area contributed by atoms with Crippen LogP contribution in [-0.4, -0.2) is 24.9 Å². The van der Waals surface area contributed by atoms with Crippen molar-refractivity contribution in [2.24, 2.45) is 0 Å². The van der Waals surface area contributed by atoms with Crippen molar-refractivity contribution in [3.8, 4) is 77.6 Å². The zero-order valence-corrected chi connectivity index (χ0v) is 30.4. The molecule has 0 N–H and O–H groups in total. The molecule has 0 saturated carbocycles. The van der Waals surface area contributed by atoms with Gasteiger partial charge in [-0.25, -0.2) is 24.9 Å². The Kier molecular flexibility index (Phi) is 8.13. The Hall–Kier alpha value is -6.67. The van der Waals surface area contributed by atoms with E-state index in [2.05, 4.69) is 133 Å². The summed E-state index contributed by atoms with van der Waals surface area (Å²) in [7, 11) is 0. The van der Waals surface area contributed by atoms with E-state index in [9.17, 15) is 0 Å². The van der Waals surface area contributed by atoms with Crippen molar-refractivity contribution in [1.82, 2.24) is 24.9 Å². The molecule has 0 amide bonds. The molecule has 0 aliphatic rings. The number of hydrogen-bond donors (Lipinski definition) is 0. The summed E-state index contributed by atoms with van der Waals surface area (Å²) >= 11 is 3.42. The predicted octanol–water partition coefficient (Wildman–Crippen LogP) is 12.8. The Morgan fingerprint density at radius 2 is 0.630 bits per heavy atom. The van der Waals surface area contributed by atoms with E-state index in [1.165, 1.54) is 0 Å². The molecular formula is C47H29N5S2. The van der Waals surface area contributed by atoms with Crippen LogP contribution in [0.4, 0.5) is 0 Å². The van der Waals surface area contributed by atoms with Crippen molar-refractivity contribution in [1.29, 1.82) is 0 Å². The van der Waals surface area contributed by atoms with E-state index in [4.69, 9.17) is 24.9 Å². The van der Waals surface area contributed by atoms with Gasteiger partial charge in [-0.05, 0) is 35.4 Å². The molecule has 0 fully saturated rings. The van der Waals surface area contributed by atoms with Gasteiger partial charge in [0.05, 0.1) is 20.4 Å². The number of fused-ring (bicyclic) bond motifs is 2. The molecule has 0 radical (unpaired) electrons. The molecule has 0 aliphatic carbocycles. The predicted molar refractivity (Wildman–Crippen MR) is 224 cm³/mol. The Morgan fingerprint density at radius 1 is 0.278 bits per heavy atom. The summed E-state index contributed by atoms with van der Waals surface area (Å²) in [5, 5.41) is 2.02. The van der Waals surface area contributed by atoms with E-state index in [1.807, 2.05) is 42.5 Å². The summed E-state index contributed by atoms with van der Waals surface area (Å²) in [6.45, 7) is 0. The van der Waals surface area contributed by atoms with Gasteiger partial charge in [0.2, 0.25) is 0 Å².